The second-order valence-electron chi connectivity index (χ2n) is 7.45. The van der Waals surface area contributed by atoms with Gasteiger partial charge in [-0.3, -0.25) is 0 Å². The lowest BCUT2D eigenvalue weighted by atomic mass is 9.93. The van der Waals surface area contributed by atoms with E-state index in [1.54, 1.807) is 0 Å². The highest BCUT2D eigenvalue weighted by Crippen LogP contribution is 2.42. The second-order valence-corrected chi connectivity index (χ2v) is 7.45. The first-order valence-electron chi connectivity index (χ1n) is 9.72. The van der Waals surface area contributed by atoms with Gasteiger partial charge in [0.2, 0.25) is 5.60 Å². The number of hydrogen-bond acceptors (Lipinski definition) is 3. The zero-order chi connectivity index (χ0) is 24.7. The van der Waals surface area contributed by atoms with Gasteiger partial charge in [-0.15, -0.1) is 0 Å². The van der Waals surface area contributed by atoms with E-state index in [1.807, 2.05) is 0 Å². The van der Waals surface area contributed by atoms with E-state index in [0.29, 0.717) is 17.3 Å². The lowest BCUT2D eigenvalue weighted by Crippen LogP contribution is -2.47. The maximum absolute atomic E-state index is 13.9. The van der Waals surface area contributed by atoms with Crippen LogP contribution in [0, 0.1) is 5.82 Å². The van der Waals surface area contributed by atoms with Crippen molar-refractivity contribution in [3.05, 3.63) is 89.9 Å². The average molecular weight is 484 g/mol. The van der Waals surface area contributed by atoms with Crippen molar-refractivity contribution < 1.29 is 40.6 Å². The van der Waals surface area contributed by atoms with E-state index in [0.717, 1.165) is 24.3 Å². The normalized spacial score (nSPS) is 14.2. The van der Waals surface area contributed by atoms with Crippen LogP contribution in [-0.4, -0.2) is 27.7 Å². The number of aromatic nitrogens is 2. The zero-order valence-electron chi connectivity index (χ0n) is 17.0. The molecule has 0 aliphatic carbocycles. The van der Waals surface area contributed by atoms with Crippen LogP contribution in [0.25, 0.3) is 16.6 Å². The molecule has 0 saturated carbocycles. The van der Waals surface area contributed by atoms with E-state index in [2.05, 4.69) is 5.10 Å². The van der Waals surface area contributed by atoms with Gasteiger partial charge < -0.3 is 9.84 Å². The molecule has 0 spiro atoms. The van der Waals surface area contributed by atoms with E-state index in [9.17, 15) is 35.8 Å². The molecule has 0 aliphatic heterocycles. The number of benzene rings is 3. The van der Waals surface area contributed by atoms with Gasteiger partial charge in [0.15, 0.2) is 0 Å². The Morgan fingerprint density at radius 3 is 2.21 bits per heavy atom. The minimum Gasteiger partial charge on any atom is -0.489 e. The van der Waals surface area contributed by atoms with Gasteiger partial charge in [-0.2, -0.15) is 31.4 Å². The molecule has 0 aliphatic rings. The summed E-state index contributed by atoms with van der Waals surface area (Å²) < 4.78 is 101. The highest BCUT2D eigenvalue weighted by Gasteiger charge is 2.56. The number of fused-ring (bicyclic) bond motifs is 1. The molecule has 0 fully saturated rings. The molecule has 0 saturated heterocycles. The molecule has 4 aromatic rings. The van der Waals surface area contributed by atoms with Crippen LogP contribution in [0.5, 0.6) is 5.75 Å². The minimum absolute atomic E-state index is 0.209. The Balaban J connectivity index is 1.70. The lowest BCUT2D eigenvalue weighted by molar-refractivity contribution is -0.275. The van der Waals surface area contributed by atoms with Gasteiger partial charge in [0, 0.05) is 5.39 Å². The first kappa shape index (κ1) is 23.6. The fourth-order valence-corrected chi connectivity index (χ4v) is 3.42. The summed E-state index contributed by atoms with van der Waals surface area (Å²) in [5, 5.41) is 14.9. The van der Waals surface area contributed by atoms with E-state index in [4.69, 9.17) is 4.74 Å². The number of hydrogen-bond donors (Lipinski definition) is 1. The monoisotopic (exact) mass is 484 g/mol. The molecule has 3 aromatic carbocycles. The summed E-state index contributed by atoms with van der Waals surface area (Å²) >= 11 is 0. The van der Waals surface area contributed by atoms with Crippen molar-refractivity contribution in [1.29, 1.82) is 0 Å². The summed E-state index contributed by atoms with van der Waals surface area (Å²) in [6.07, 6.45) is -8.89. The Bertz CT molecular complexity index is 1310. The molecule has 1 unspecified atom stereocenters. The van der Waals surface area contributed by atoms with Gasteiger partial charge in [-0.05, 0) is 54.1 Å². The van der Waals surface area contributed by atoms with Crippen LogP contribution >= 0.6 is 0 Å². The van der Waals surface area contributed by atoms with Crippen LogP contribution in [0.3, 0.4) is 0 Å². The highest BCUT2D eigenvalue weighted by molar-refractivity contribution is 5.81. The zero-order valence-corrected chi connectivity index (χ0v) is 17.0. The van der Waals surface area contributed by atoms with Gasteiger partial charge >= 0.3 is 12.4 Å². The third-order valence-corrected chi connectivity index (χ3v) is 5.21. The third kappa shape index (κ3) is 4.30. The molecule has 178 valence electrons. The topological polar surface area (TPSA) is 47.3 Å². The molecule has 11 heteroatoms. The van der Waals surface area contributed by atoms with E-state index in [1.165, 1.54) is 47.3 Å². The summed E-state index contributed by atoms with van der Waals surface area (Å²) in [7, 11) is 0. The molecule has 34 heavy (non-hydrogen) atoms. The predicted molar refractivity (Wildman–Crippen MR) is 108 cm³/mol. The summed E-state index contributed by atoms with van der Waals surface area (Å²) in [6.45, 7) is -1.51. The Morgan fingerprint density at radius 1 is 0.882 bits per heavy atom. The van der Waals surface area contributed by atoms with Crippen molar-refractivity contribution in [3.8, 4) is 11.4 Å². The van der Waals surface area contributed by atoms with Crippen LogP contribution in [0.1, 0.15) is 11.1 Å². The highest BCUT2D eigenvalue weighted by atomic mass is 19.4. The number of ether oxygens (including phenoxy) is 1. The van der Waals surface area contributed by atoms with Crippen molar-refractivity contribution in [3.63, 3.8) is 0 Å². The molecule has 1 atom stereocenters. The predicted octanol–water partition coefficient (Wildman–Crippen LogP) is 6.01. The van der Waals surface area contributed by atoms with Gasteiger partial charge in [0.05, 0.1) is 23.0 Å². The third-order valence-electron chi connectivity index (χ3n) is 5.21. The summed E-state index contributed by atoms with van der Waals surface area (Å²) in [5.74, 6) is -1.33. The van der Waals surface area contributed by atoms with Crippen molar-refractivity contribution in [2.75, 3.05) is 6.61 Å². The molecule has 0 bridgehead atoms. The molecule has 0 radical (unpaired) electrons. The van der Waals surface area contributed by atoms with Crippen LogP contribution in [0.2, 0.25) is 0 Å². The van der Waals surface area contributed by atoms with Crippen molar-refractivity contribution in [2.24, 2.45) is 0 Å². The first-order chi connectivity index (χ1) is 15.9. The number of alkyl halides is 6. The summed E-state index contributed by atoms with van der Waals surface area (Å²) in [5.41, 5.74) is -4.71. The van der Waals surface area contributed by atoms with Crippen molar-refractivity contribution >= 4 is 10.9 Å². The molecule has 4 nitrogen and oxygen atoms in total. The lowest BCUT2D eigenvalue weighted by Gasteiger charge is -2.31. The van der Waals surface area contributed by atoms with Crippen LogP contribution < -0.4 is 4.74 Å². The van der Waals surface area contributed by atoms with Crippen LogP contribution in [0.15, 0.2) is 72.9 Å². The van der Waals surface area contributed by atoms with Crippen molar-refractivity contribution in [1.82, 2.24) is 9.78 Å². The summed E-state index contributed by atoms with van der Waals surface area (Å²) in [6, 6.07) is 12.3. The largest absolute Gasteiger partial charge is 0.489 e. The molecular weight excluding hydrogens is 469 g/mol. The molecule has 4 rings (SSSR count). The standard InChI is InChI=1S/C23H15F7N2O2/c24-16-6-8-17(9-7-16)32-19-10-5-15(11-14(19)12-31-32)21(33,23(28,29)30)13-34-20-4-2-1-3-18(20)22(25,26)27/h1-12,33H,13H2. The molecular formula is C23H15F7N2O2. The molecule has 1 aromatic heterocycles. The molecule has 0 amide bonds. The Labute approximate surface area is 187 Å². The van der Waals surface area contributed by atoms with Gasteiger partial charge in [-0.1, -0.05) is 18.2 Å². The fraction of sp³-hybridized carbons (Fsp3) is 0.174. The quantitative estimate of drug-likeness (QED) is 0.353. The van der Waals surface area contributed by atoms with E-state index < -0.39 is 47.3 Å². The number of aliphatic hydroxyl groups is 1. The Kier molecular flexibility index (Phi) is 5.76. The smallest absolute Gasteiger partial charge is 0.424 e. The Morgan fingerprint density at radius 2 is 1.56 bits per heavy atom. The number of rotatable bonds is 5. The minimum atomic E-state index is -5.28. The number of halogens is 7. The Hall–Kier alpha value is -3.60. The van der Waals surface area contributed by atoms with Gasteiger partial charge in [-0.25, -0.2) is 9.07 Å². The first-order valence-corrected chi connectivity index (χ1v) is 9.72. The second kappa shape index (κ2) is 8.32. The van der Waals surface area contributed by atoms with Crippen LogP contribution in [0.4, 0.5) is 30.7 Å². The van der Waals surface area contributed by atoms with E-state index >= 15 is 0 Å². The fourth-order valence-electron chi connectivity index (χ4n) is 3.42. The maximum atomic E-state index is 13.9. The summed E-state index contributed by atoms with van der Waals surface area (Å²) in [4.78, 5) is 0. The van der Waals surface area contributed by atoms with Gasteiger partial charge in [0.25, 0.3) is 0 Å². The maximum Gasteiger partial charge on any atom is 0.424 e. The number of para-hydroxylation sites is 1. The molecule has 1 heterocycles. The van der Waals surface area contributed by atoms with Gasteiger partial charge in [0.1, 0.15) is 18.2 Å². The SMILES string of the molecule is OC(COc1ccccc1C(F)(F)F)(c1ccc2c(cnn2-c2ccc(F)cc2)c1)C(F)(F)F. The van der Waals surface area contributed by atoms with Crippen molar-refractivity contribution in [2.45, 2.75) is 18.0 Å². The number of nitrogens with zero attached hydrogens (tertiary/aromatic N) is 2. The van der Waals surface area contributed by atoms with Crippen LogP contribution in [-0.2, 0) is 11.8 Å². The van der Waals surface area contributed by atoms with E-state index in [-0.39, 0.29) is 5.39 Å². The average Bonchev–Trinajstić information content (AvgIpc) is 3.20. The molecule has 1 N–H and O–H groups in total.